The number of nitrogens with one attached hydrogen (secondary N) is 2. The highest BCUT2D eigenvalue weighted by atomic mass is 35.5. The first-order valence-corrected chi connectivity index (χ1v) is 16.1. The Balaban J connectivity index is 1.53. The van der Waals surface area contributed by atoms with Crippen molar-refractivity contribution < 1.29 is 26.7 Å². The van der Waals surface area contributed by atoms with Crippen molar-refractivity contribution in [1.29, 1.82) is 0 Å². The molecule has 2 aromatic heterocycles. The lowest BCUT2D eigenvalue weighted by Gasteiger charge is -2.27. The van der Waals surface area contributed by atoms with Gasteiger partial charge < -0.3 is 15.4 Å². The smallest absolute Gasteiger partial charge is 0.387 e. The van der Waals surface area contributed by atoms with Gasteiger partial charge in [-0.05, 0) is 64.7 Å². The highest BCUT2D eigenvalue weighted by molar-refractivity contribution is 7.91. The molecule has 2 aliphatic carbocycles. The molecule has 2 heterocycles. The molecule has 40 heavy (non-hydrogen) atoms. The van der Waals surface area contributed by atoms with Crippen molar-refractivity contribution in [3.8, 4) is 17.0 Å². The molecule has 2 fully saturated rings. The van der Waals surface area contributed by atoms with Gasteiger partial charge in [0, 0.05) is 37.1 Å². The van der Waals surface area contributed by atoms with Gasteiger partial charge in [-0.15, -0.1) is 0 Å². The molecule has 0 aliphatic heterocycles. The molecule has 0 aromatic carbocycles. The quantitative estimate of drug-likeness (QED) is 0.328. The summed E-state index contributed by atoms with van der Waals surface area (Å²) >= 11 is 6.65. The zero-order chi connectivity index (χ0) is 29.2. The molecule has 0 atom stereocenters. The fourth-order valence-electron chi connectivity index (χ4n) is 5.47. The molecule has 2 saturated carbocycles. The van der Waals surface area contributed by atoms with Gasteiger partial charge in [0.05, 0.1) is 21.5 Å². The summed E-state index contributed by atoms with van der Waals surface area (Å²) in [5.41, 5.74) is 0.146. The number of nitrogens with zero attached hydrogens (tertiary/aromatic N) is 3. The van der Waals surface area contributed by atoms with Crippen LogP contribution in [0.15, 0.2) is 12.3 Å². The Morgan fingerprint density at radius 2 is 1.85 bits per heavy atom. The number of hydrogen-bond donors (Lipinski definition) is 2. The van der Waals surface area contributed by atoms with E-state index >= 15 is 0 Å². The first-order chi connectivity index (χ1) is 18.8. The Morgan fingerprint density at radius 1 is 1.20 bits per heavy atom. The van der Waals surface area contributed by atoms with E-state index in [-0.39, 0.29) is 44.4 Å². The molecule has 13 heteroatoms. The maximum absolute atomic E-state index is 13.4. The summed E-state index contributed by atoms with van der Waals surface area (Å²) in [6.07, 6.45) is 8.51. The summed E-state index contributed by atoms with van der Waals surface area (Å²) in [7, 11) is -3.07. The molecule has 0 spiro atoms. The van der Waals surface area contributed by atoms with E-state index in [0.717, 1.165) is 6.42 Å². The van der Waals surface area contributed by atoms with Crippen LogP contribution in [0.4, 0.5) is 14.6 Å². The largest absolute Gasteiger partial charge is 0.434 e. The predicted octanol–water partition coefficient (Wildman–Crippen LogP) is 5.54. The molecular weight excluding hydrogens is 564 g/mol. The number of hydrogen-bond acceptors (Lipinski definition) is 7. The third-order valence-corrected chi connectivity index (χ3v) is 9.70. The number of rotatable bonds is 12. The first-order valence-electron chi connectivity index (χ1n) is 13.7. The molecule has 2 aromatic rings. The fraction of sp³-hybridized carbons (Fsp3) is 0.667. The third kappa shape index (κ3) is 7.63. The summed E-state index contributed by atoms with van der Waals surface area (Å²) in [5.74, 6) is 0.581. The van der Waals surface area contributed by atoms with Crippen LogP contribution in [0.5, 0.6) is 5.75 Å². The molecule has 2 N–H and O–H groups in total. The lowest BCUT2D eigenvalue weighted by atomic mass is 9.89. The molecule has 0 saturated heterocycles. The van der Waals surface area contributed by atoms with Crippen LogP contribution in [0.1, 0.15) is 76.2 Å². The van der Waals surface area contributed by atoms with Gasteiger partial charge in [0.2, 0.25) is 0 Å². The average Bonchev–Trinajstić information content (AvgIpc) is 3.61. The van der Waals surface area contributed by atoms with Gasteiger partial charge in [-0.3, -0.25) is 9.48 Å². The van der Waals surface area contributed by atoms with Gasteiger partial charge in [-0.2, -0.15) is 13.9 Å². The second kappa shape index (κ2) is 12.2. The van der Waals surface area contributed by atoms with Crippen molar-refractivity contribution in [3.05, 3.63) is 23.0 Å². The number of amides is 1. The second-order valence-corrected chi connectivity index (χ2v) is 14.3. The highest BCUT2D eigenvalue weighted by Crippen LogP contribution is 2.40. The summed E-state index contributed by atoms with van der Waals surface area (Å²) in [6, 6.07) is 1.42. The maximum Gasteiger partial charge on any atom is 0.387 e. The van der Waals surface area contributed by atoms with Crippen molar-refractivity contribution in [2.45, 2.75) is 89.7 Å². The van der Waals surface area contributed by atoms with Crippen LogP contribution in [0, 0.1) is 11.8 Å². The van der Waals surface area contributed by atoms with Crippen molar-refractivity contribution in [2.24, 2.45) is 11.8 Å². The molecule has 9 nitrogen and oxygen atoms in total. The van der Waals surface area contributed by atoms with Crippen LogP contribution in [0.25, 0.3) is 11.3 Å². The monoisotopic (exact) mass is 601 g/mol. The first kappa shape index (κ1) is 30.5. The number of carbonyl (C=O) groups is 1. The van der Waals surface area contributed by atoms with Crippen LogP contribution >= 0.6 is 11.6 Å². The van der Waals surface area contributed by atoms with Crippen molar-refractivity contribution in [2.75, 3.05) is 18.1 Å². The summed E-state index contributed by atoms with van der Waals surface area (Å²) in [4.78, 5) is 17.5. The number of sulfone groups is 1. The SMILES string of the molecule is CCn1nc(C(=O)NCC2CCC(S(C)(=O)=O)CC2)c(Cl)c1-c1cnc(NC(C)(C)CC2CC2)cc1OC(F)F. The second-order valence-electron chi connectivity index (χ2n) is 11.6. The minimum Gasteiger partial charge on any atom is -0.434 e. The minimum absolute atomic E-state index is 0.0100. The van der Waals surface area contributed by atoms with Gasteiger partial charge >= 0.3 is 6.61 Å². The van der Waals surface area contributed by atoms with Gasteiger partial charge in [-0.1, -0.05) is 24.4 Å². The van der Waals surface area contributed by atoms with E-state index in [1.165, 1.54) is 36.0 Å². The number of pyridine rings is 1. The van der Waals surface area contributed by atoms with E-state index < -0.39 is 22.4 Å². The van der Waals surface area contributed by atoms with Crippen LogP contribution < -0.4 is 15.4 Å². The summed E-state index contributed by atoms with van der Waals surface area (Å²) < 4.78 is 56.8. The zero-order valence-corrected chi connectivity index (χ0v) is 24.9. The Hall–Kier alpha value is -2.47. The topological polar surface area (TPSA) is 115 Å². The zero-order valence-electron chi connectivity index (χ0n) is 23.3. The predicted molar refractivity (Wildman–Crippen MR) is 151 cm³/mol. The minimum atomic E-state index is -3.08. The van der Waals surface area contributed by atoms with Crippen molar-refractivity contribution in [3.63, 3.8) is 0 Å². The van der Waals surface area contributed by atoms with Crippen LogP contribution in [0.3, 0.4) is 0 Å². The van der Waals surface area contributed by atoms with Crippen LogP contribution in [-0.4, -0.2) is 59.3 Å². The summed E-state index contributed by atoms with van der Waals surface area (Å²) in [5, 5.41) is 10.2. The van der Waals surface area contributed by atoms with E-state index in [1.807, 2.05) is 13.8 Å². The molecule has 0 radical (unpaired) electrons. The molecule has 4 rings (SSSR count). The maximum atomic E-state index is 13.4. The Labute approximate surface area is 239 Å². The number of aryl methyl sites for hydroxylation is 1. The van der Waals surface area contributed by atoms with Crippen molar-refractivity contribution in [1.82, 2.24) is 20.1 Å². The number of alkyl halides is 2. The van der Waals surface area contributed by atoms with Crippen LogP contribution in [0.2, 0.25) is 5.02 Å². The Morgan fingerprint density at radius 3 is 2.42 bits per heavy atom. The van der Waals surface area contributed by atoms with E-state index in [2.05, 4.69) is 20.7 Å². The van der Waals surface area contributed by atoms with Gasteiger partial charge in [0.15, 0.2) is 5.69 Å². The van der Waals surface area contributed by atoms with E-state index in [4.69, 9.17) is 16.3 Å². The molecule has 0 bridgehead atoms. The Kier molecular flexibility index (Phi) is 9.28. The lowest BCUT2D eigenvalue weighted by molar-refractivity contribution is -0.0494. The normalized spacial score (nSPS) is 20.0. The lowest BCUT2D eigenvalue weighted by Crippen LogP contribution is -2.34. The summed E-state index contributed by atoms with van der Waals surface area (Å²) in [6.45, 7) is 3.48. The van der Waals surface area contributed by atoms with E-state index in [1.54, 1.807) is 6.92 Å². The molecular formula is C27H38ClF2N5O4S. The van der Waals surface area contributed by atoms with Crippen molar-refractivity contribution >= 4 is 33.2 Å². The van der Waals surface area contributed by atoms with E-state index in [9.17, 15) is 22.0 Å². The number of ether oxygens (including phenoxy) is 1. The molecule has 2 aliphatic rings. The number of carbonyl (C=O) groups excluding carboxylic acids is 1. The molecule has 0 unspecified atom stereocenters. The number of anilines is 1. The molecule has 1 amide bonds. The fourth-order valence-corrected chi connectivity index (χ4v) is 6.93. The van der Waals surface area contributed by atoms with E-state index in [0.29, 0.717) is 50.5 Å². The average molecular weight is 602 g/mol. The number of aromatic nitrogens is 3. The third-order valence-electron chi connectivity index (χ3n) is 7.66. The van der Waals surface area contributed by atoms with Crippen LogP contribution in [-0.2, 0) is 16.4 Å². The van der Waals surface area contributed by atoms with Gasteiger partial charge in [0.25, 0.3) is 5.91 Å². The van der Waals surface area contributed by atoms with Gasteiger partial charge in [0.1, 0.15) is 21.4 Å². The Bertz CT molecular complexity index is 1320. The van der Waals surface area contributed by atoms with Gasteiger partial charge in [-0.25, -0.2) is 13.4 Å². The molecule has 222 valence electrons. The number of halogens is 3. The standard InChI is InChI=1S/C27H38ClF2N5O4S/c1-5-35-24(19-15-31-21(12-20(19)39-26(29)30)33-27(2,3)13-16-6-7-16)22(28)23(34-35)25(36)32-14-17-8-10-18(11-9-17)40(4,37)38/h12,15-18,26H,5-11,13-14H2,1-4H3,(H,31,33)(H,32,36). The highest BCUT2D eigenvalue weighted by Gasteiger charge is 2.32.